The average Bonchev–Trinajstić information content (AvgIpc) is 2.65. The Morgan fingerprint density at radius 2 is 2.00 bits per heavy atom. The first-order valence-electron chi connectivity index (χ1n) is 4.37. The predicted octanol–water partition coefficient (Wildman–Crippen LogP) is 2.20. The summed E-state index contributed by atoms with van der Waals surface area (Å²) in [6, 6.07) is 7.38. The first-order chi connectivity index (χ1) is 6.79. The van der Waals surface area contributed by atoms with Crippen molar-refractivity contribution in [3.8, 4) is 11.3 Å². The topological polar surface area (TPSA) is 45.8 Å². The molecule has 0 saturated heterocycles. The summed E-state index contributed by atoms with van der Waals surface area (Å²) in [5.74, 6) is 0.888. The second-order valence-electron chi connectivity index (χ2n) is 3.12. The maximum Gasteiger partial charge on any atom is 0.150 e. The van der Waals surface area contributed by atoms with E-state index in [0.29, 0.717) is 5.56 Å². The summed E-state index contributed by atoms with van der Waals surface area (Å²) in [5, 5.41) is 0. The number of hydrogen-bond donors (Lipinski definition) is 1. The van der Waals surface area contributed by atoms with Crippen LogP contribution in [0.5, 0.6) is 0 Å². The Bertz CT molecular complexity index is 443. The van der Waals surface area contributed by atoms with Crippen molar-refractivity contribution in [2.24, 2.45) is 0 Å². The van der Waals surface area contributed by atoms with Gasteiger partial charge in [0, 0.05) is 5.56 Å². The van der Waals surface area contributed by atoms with Crippen molar-refractivity contribution < 1.29 is 4.79 Å². The third kappa shape index (κ3) is 1.57. The number of aromatic amines is 1. The minimum atomic E-state index is 0.685. The van der Waals surface area contributed by atoms with Gasteiger partial charge in [0.15, 0.2) is 0 Å². The lowest BCUT2D eigenvalue weighted by Gasteiger charge is -1.96. The van der Waals surface area contributed by atoms with Gasteiger partial charge in [-0.3, -0.25) is 4.79 Å². The second-order valence-corrected chi connectivity index (χ2v) is 3.12. The maximum atomic E-state index is 10.4. The van der Waals surface area contributed by atoms with Crippen molar-refractivity contribution in [1.29, 1.82) is 0 Å². The number of aldehydes is 1. The number of aromatic nitrogens is 2. The zero-order valence-electron chi connectivity index (χ0n) is 7.82. The molecule has 0 fully saturated rings. The zero-order valence-corrected chi connectivity index (χ0v) is 7.82. The smallest absolute Gasteiger partial charge is 0.150 e. The van der Waals surface area contributed by atoms with E-state index < -0.39 is 0 Å². The highest BCUT2D eigenvalue weighted by Gasteiger charge is 1.99. The molecule has 2 aromatic rings. The van der Waals surface area contributed by atoms with E-state index >= 15 is 0 Å². The Morgan fingerprint density at radius 3 is 2.50 bits per heavy atom. The molecule has 0 bridgehead atoms. The fourth-order valence-corrected chi connectivity index (χ4v) is 1.31. The Balaban J connectivity index is 2.38. The van der Waals surface area contributed by atoms with Crippen LogP contribution in [0.3, 0.4) is 0 Å². The summed E-state index contributed by atoms with van der Waals surface area (Å²) in [5.41, 5.74) is 2.70. The van der Waals surface area contributed by atoms with Gasteiger partial charge in [0.1, 0.15) is 12.1 Å². The normalized spacial score (nSPS) is 10.1. The molecule has 0 aliphatic heterocycles. The van der Waals surface area contributed by atoms with Crippen molar-refractivity contribution in [2.45, 2.75) is 6.92 Å². The molecule has 0 unspecified atom stereocenters. The number of rotatable bonds is 2. The predicted molar refractivity (Wildman–Crippen MR) is 54.1 cm³/mol. The quantitative estimate of drug-likeness (QED) is 0.731. The largest absolute Gasteiger partial charge is 0.342 e. The van der Waals surface area contributed by atoms with Crippen LogP contribution < -0.4 is 0 Å². The van der Waals surface area contributed by atoms with Gasteiger partial charge in [0.25, 0.3) is 0 Å². The zero-order chi connectivity index (χ0) is 9.97. The highest BCUT2D eigenvalue weighted by molar-refractivity contribution is 5.76. The molecule has 14 heavy (non-hydrogen) atoms. The molecule has 3 heteroatoms. The van der Waals surface area contributed by atoms with Crippen molar-refractivity contribution in [2.75, 3.05) is 0 Å². The summed E-state index contributed by atoms with van der Waals surface area (Å²) in [4.78, 5) is 17.7. The molecule has 3 nitrogen and oxygen atoms in total. The Morgan fingerprint density at radius 1 is 1.29 bits per heavy atom. The highest BCUT2D eigenvalue weighted by Crippen LogP contribution is 2.16. The number of benzene rings is 1. The van der Waals surface area contributed by atoms with Crippen LogP contribution in [0, 0.1) is 6.92 Å². The molecule has 0 amide bonds. The lowest BCUT2D eigenvalue weighted by atomic mass is 10.1. The molecule has 1 heterocycles. The van der Waals surface area contributed by atoms with Gasteiger partial charge < -0.3 is 4.98 Å². The van der Waals surface area contributed by atoms with Crippen molar-refractivity contribution in [3.05, 3.63) is 41.9 Å². The van der Waals surface area contributed by atoms with Crippen molar-refractivity contribution >= 4 is 6.29 Å². The number of nitrogens with one attached hydrogen (secondary N) is 1. The molecule has 0 spiro atoms. The Labute approximate surface area is 81.8 Å². The second kappa shape index (κ2) is 3.46. The fraction of sp³-hybridized carbons (Fsp3) is 0.0909. The van der Waals surface area contributed by atoms with Crippen molar-refractivity contribution in [1.82, 2.24) is 9.97 Å². The lowest BCUT2D eigenvalue weighted by Crippen LogP contribution is -1.81. The fourth-order valence-electron chi connectivity index (χ4n) is 1.31. The van der Waals surface area contributed by atoms with Crippen molar-refractivity contribution in [3.63, 3.8) is 0 Å². The summed E-state index contributed by atoms with van der Waals surface area (Å²) in [7, 11) is 0. The standard InChI is InChI=1S/C11H10N2O/c1-8-12-6-11(13-8)10-4-2-9(7-14)3-5-10/h2-7H,1H3,(H,12,13). The molecule has 0 atom stereocenters. The summed E-state index contributed by atoms with van der Waals surface area (Å²) in [6.07, 6.45) is 2.62. The number of H-pyrrole nitrogens is 1. The van der Waals surface area contributed by atoms with E-state index in [1.807, 2.05) is 19.1 Å². The van der Waals surface area contributed by atoms with Gasteiger partial charge in [-0.25, -0.2) is 4.98 Å². The third-order valence-electron chi connectivity index (χ3n) is 2.06. The molecule has 0 saturated carbocycles. The highest BCUT2D eigenvalue weighted by atomic mass is 16.1. The molecule has 70 valence electrons. The molecular weight excluding hydrogens is 176 g/mol. The SMILES string of the molecule is Cc1ncc(-c2ccc(C=O)cc2)[nH]1. The van der Waals surface area contributed by atoms with Gasteiger partial charge >= 0.3 is 0 Å². The molecule has 1 aromatic carbocycles. The molecular formula is C11H10N2O. The molecule has 2 rings (SSSR count). The van der Waals surface area contributed by atoms with Crippen LogP contribution in [-0.2, 0) is 0 Å². The van der Waals surface area contributed by atoms with E-state index in [9.17, 15) is 4.79 Å². The number of nitrogens with zero attached hydrogens (tertiary/aromatic N) is 1. The van der Waals surface area contributed by atoms with Crippen LogP contribution in [0.15, 0.2) is 30.5 Å². The van der Waals surface area contributed by atoms with E-state index in [2.05, 4.69) is 9.97 Å². The van der Waals surface area contributed by atoms with E-state index in [1.165, 1.54) is 0 Å². The monoisotopic (exact) mass is 186 g/mol. The summed E-state index contributed by atoms with van der Waals surface area (Å²) >= 11 is 0. The van der Waals surface area contributed by atoms with Crippen LogP contribution in [0.1, 0.15) is 16.2 Å². The number of carbonyl (C=O) groups excluding carboxylic acids is 1. The van der Waals surface area contributed by atoms with E-state index in [1.54, 1.807) is 18.3 Å². The molecule has 0 aliphatic rings. The number of hydrogen-bond acceptors (Lipinski definition) is 2. The minimum Gasteiger partial charge on any atom is -0.342 e. The lowest BCUT2D eigenvalue weighted by molar-refractivity contribution is 0.112. The minimum absolute atomic E-state index is 0.685. The summed E-state index contributed by atoms with van der Waals surface area (Å²) in [6.45, 7) is 1.91. The first kappa shape index (κ1) is 8.69. The third-order valence-corrected chi connectivity index (χ3v) is 2.06. The number of carbonyl (C=O) groups is 1. The van der Waals surface area contributed by atoms with Gasteiger partial charge in [0.2, 0.25) is 0 Å². The van der Waals surface area contributed by atoms with Gasteiger partial charge in [-0.05, 0) is 12.5 Å². The molecule has 1 aromatic heterocycles. The van der Waals surface area contributed by atoms with E-state index in [4.69, 9.17) is 0 Å². The molecule has 0 aliphatic carbocycles. The first-order valence-corrected chi connectivity index (χ1v) is 4.37. The van der Waals surface area contributed by atoms with Crippen LogP contribution in [-0.4, -0.2) is 16.3 Å². The van der Waals surface area contributed by atoms with E-state index in [-0.39, 0.29) is 0 Å². The Kier molecular flexibility index (Phi) is 2.14. The average molecular weight is 186 g/mol. The molecule has 1 N–H and O–H groups in total. The summed E-state index contributed by atoms with van der Waals surface area (Å²) < 4.78 is 0. The maximum absolute atomic E-state index is 10.4. The number of aryl methyl sites for hydroxylation is 1. The van der Waals surface area contributed by atoms with E-state index in [0.717, 1.165) is 23.4 Å². The van der Waals surface area contributed by atoms with Gasteiger partial charge in [-0.15, -0.1) is 0 Å². The van der Waals surface area contributed by atoms with Crippen LogP contribution in [0.2, 0.25) is 0 Å². The van der Waals surface area contributed by atoms with Crippen LogP contribution >= 0.6 is 0 Å². The Hall–Kier alpha value is -1.90. The van der Waals surface area contributed by atoms with Crippen LogP contribution in [0.25, 0.3) is 11.3 Å². The van der Waals surface area contributed by atoms with Crippen LogP contribution in [0.4, 0.5) is 0 Å². The van der Waals surface area contributed by atoms with Gasteiger partial charge in [-0.1, -0.05) is 24.3 Å². The van der Waals surface area contributed by atoms with Gasteiger partial charge in [0.05, 0.1) is 11.9 Å². The molecule has 0 radical (unpaired) electrons. The van der Waals surface area contributed by atoms with Gasteiger partial charge in [-0.2, -0.15) is 0 Å². The number of imidazole rings is 1.